The first kappa shape index (κ1) is 19.7. The molecule has 1 saturated heterocycles. The van der Waals surface area contributed by atoms with Gasteiger partial charge in [0.25, 0.3) is 0 Å². The Morgan fingerprint density at radius 2 is 2.07 bits per heavy atom. The Hall–Kier alpha value is -2.58. The standard InChI is InChI=1S/C21H25N5O2S/c1-13-8-14(2)11-26(10-13)12-19(27)24-18-9-16(21-22-6-7-29-21)23-20(25-18)17-5-4-15(3)28-17/h4-7,9,13-14H,8,10-12H2,1-3H3,(H,23,24,25,27). The molecule has 2 atom stereocenters. The molecule has 4 heterocycles. The van der Waals surface area contributed by atoms with Crippen molar-refractivity contribution in [3.8, 4) is 22.3 Å². The van der Waals surface area contributed by atoms with Crippen LogP contribution < -0.4 is 5.32 Å². The number of carbonyl (C=O) groups is 1. The van der Waals surface area contributed by atoms with Gasteiger partial charge in [-0.15, -0.1) is 11.3 Å². The number of nitrogens with zero attached hydrogens (tertiary/aromatic N) is 4. The predicted molar refractivity (Wildman–Crippen MR) is 114 cm³/mol. The van der Waals surface area contributed by atoms with Gasteiger partial charge in [-0.1, -0.05) is 13.8 Å². The molecule has 29 heavy (non-hydrogen) atoms. The third-order valence-corrected chi connectivity index (χ3v) is 5.71. The van der Waals surface area contributed by atoms with Crippen LogP contribution in [0.5, 0.6) is 0 Å². The molecule has 152 valence electrons. The minimum atomic E-state index is -0.0725. The molecule has 4 rings (SSSR count). The van der Waals surface area contributed by atoms with Crippen molar-refractivity contribution in [2.24, 2.45) is 11.8 Å². The number of thiazole rings is 1. The third-order valence-electron chi connectivity index (χ3n) is 4.92. The second-order valence-electron chi connectivity index (χ2n) is 7.90. The molecule has 0 bridgehead atoms. The first-order valence-corrected chi connectivity index (χ1v) is 10.7. The van der Waals surface area contributed by atoms with Crippen LogP contribution in [0.1, 0.15) is 26.0 Å². The van der Waals surface area contributed by atoms with Gasteiger partial charge in [-0.05, 0) is 37.3 Å². The summed E-state index contributed by atoms with van der Waals surface area (Å²) in [5, 5.41) is 5.61. The molecular formula is C21H25N5O2S. The topological polar surface area (TPSA) is 84.2 Å². The number of furan rings is 1. The largest absolute Gasteiger partial charge is 0.458 e. The summed E-state index contributed by atoms with van der Waals surface area (Å²) in [5.74, 6) is 3.37. The van der Waals surface area contributed by atoms with Crippen LogP contribution in [0.25, 0.3) is 22.3 Å². The summed E-state index contributed by atoms with van der Waals surface area (Å²) in [6.07, 6.45) is 2.95. The van der Waals surface area contributed by atoms with E-state index in [0.29, 0.717) is 41.5 Å². The van der Waals surface area contributed by atoms with Crippen molar-refractivity contribution in [2.45, 2.75) is 27.2 Å². The van der Waals surface area contributed by atoms with Crippen LogP contribution in [0, 0.1) is 18.8 Å². The van der Waals surface area contributed by atoms with Crippen molar-refractivity contribution in [2.75, 3.05) is 25.0 Å². The molecular weight excluding hydrogens is 386 g/mol. The molecule has 0 saturated carbocycles. The fourth-order valence-corrected chi connectivity index (χ4v) is 4.54. The highest BCUT2D eigenvalue weighted by Crippen LogP contribution is 2.27. The van der Waals surface area contributed by atoms with Crippen molar-refractivity contribution >= 4 is 23.1 Å². The van der Waals surface area contributed by atoms with Gasteiger partial charge in [0.2, 0.25) is 5.91 Å². The molecule has 3 aromatic rings. The Kier molecular flexibility index (Phi) is 5.73. The summed E-state index contributed by atoms with van der Waals surface area (Å²) in [4.78, 5) is 28.3. The van der Waals surface area contributed by atoms with Crippen molar-refractivity contribution in [1.82, 2.24) is 19.9 Å². The maximum Gasteiger partial charge on any atom is 0.239 e. The Morgan fingerprint density at radius 1 is 1.28 bits per heavy atom. The molecule has 1 N–H and O–H groups in total. The SMILES string of the molecule is Cc1ccc(-c2nc(NC(=O)CN3CC(C)CC(C)C3)cc(-c3nccs3)n2)o1. The zero-order valence-corrected chi connectivity index (χ0v) is 17.7. The van der Waals surface area contributed by atoms with E-state index in [4.69, 9.17) is 4.42 Å². The number of hydrogen-bond acceptors (Lipinski definition) is 7. The summed E-state index contributed by atoms with van der Waals surface area (Å²) >= 11 is 1.49. The Labute approximate surface area is 174 Å². The summed E-state index contributed by atoms with van der Waals surface area (Å²) in [6.45, 7) is 8.61. The lowest BCUT2D eigenvalue weighted by Crippen LogP contribution is -2.42. The number of likely N-dealkylation sites (tertiary alicyclic amines) is 1. The van der Waals surface area contributed by atoms with Crippen molar-refractivity contribution in [3.63, 3.8) is 0 Å². The number of carbonyl (C=O) groups excluding carboxylic acids is 1. The van der Waals surface area contributed by atoms with Crippen LogP contribution in [0.15, 0.2) is 34.2 Å². The van der Waals surface area contributed by atoms with Crippen LogP contribution in [0.2, 0.25) is 0 Å². The Morgan fingerprint density at radius 3 is 2.72 bits per heavy atom. The van der Waals surface area contributed by atoms with Crippen LogP contribution in [-0.4, -0.2) is 45.4 Å². The van der Waals surface area contributed by atoms with Gasteiger partial charge in [-0.25, -0.2) is 15.0 Å². The zero-order chi connectivity index (χ0) is 20.4. The molecule has 0 aliphatic carbocycles. The molecule has 8 heteroatoms. The van der Waals surface area contributed by atoms with Crippen LogP contribution in [0.4, 0.5) is 5.82 Å². The van der Waals surface area contributed by atoms with Gasteiger partial charge in [-0.3, -0.25) is 9.69 Å². The maximum absolute atomic E-state index is 12.7. The van der Waals surface area contributed by atoms with Crippen LogP contribution >= 0.6 is 11.3 Å². The number of anilines is 1. The van der Waals surface area contributed by atoms with Crippen molar-refractivity contribution in [1.29, 1.82) is 0 Å². The summed E-state index contributed by atoms with van der Waals surface area (Å²) < 4.78 is 5.68. The van der Waals surface area contributed by atoms with Gasteiger partial charge in [-0.2, -0.15) is 0 Å². The second-order valence-corrected chi connectivity index (χ2v) is 8.79. The van der Waals surface area contributed by atoms with E-state index in [1.807, 2.05) is 24.4 Å². The molecule has 1 aliphatic rings. The van der Waals surface area contributed by atoms with E-state index >= 15 is 0 Å². The van der Waals surface area contributed by atoms with E-state index in [9.17, 15) is 4.79 Å². The maximum atomic E-state index is 12.7. The van der Waals surface area contributed by atoms with Gasteiger partial charge >= 0.3 is 0 Å². The second kappa shape index (κ2) is 8.42. The third kappa shape index (κ3) is 4.89. The number of aryl methyl sites for hydroxylation is 1. The average molecular weight is 412 g/mol. The van der Waals surface area contributed by atoms with Crippen LogP contribution in [-0.2, 0) is 4.79 Å². The lowest BCUT2D eigenvalue weighted by Gasteiger charge is -2.34. The van der Waals surface area contributed by atoms with Gasteiger partial charge in [0.15, 0.2) is 11.6 Å². The Balaban J connectivity index is 1.56. The molecule has 0 aromatic carbocycles. The average Bonchev–Trinajstić information content (AvgIpc) is 3.32. The number of nitrogens with one attached hydrogen (secondary N) is 1. The molecule has 1 amide bonds. The highest BCUT2D eigenvalue weighted by atomic mass is 32.1. The molecule has 0 spiro atoms. The monoisotopic (exact) mass is 411 g/mol. The van der Waals surface area contributed by atoms with Gasteiger partial charge < -0.3 is 9.73 Å². The lowest BCUT2D eigenvalue weighted by atomic mass is 9.92. The quantitative estimate of drug-likeness (QED) is 0.681. The molecule has 3 aromatic heterocycles. The predicted octanol–water partition coefficient (Wildman–Crippen LogP) is 4.08. The van der Waals surface area contributed by atoms with E-state index < -0.39 is 0 Å². The van der Waals surface area contributed by atoms with Gasteiger partial charge in [0, 0.05) is 30.7 Å². The van der Waals surface area contributed by atoms with E-state index in [0.717, 1.165) is 23.9 Å². The molecule has 1 aliphatic heterocycles. The van der Waals surface area contributed by atoms with Crippen molar-refractivity contribution in [3.05, 3.63) is 35.5 Å². The summed E-state index contributed by atoms with van der Waals surface area (Å²) in [7, 11) is 0. The molecule has 1 fully saturated rings. The van der Waals surface area contributed by atoms with Crippen LogP contribution in [0.3, 0.4) is 0 Å². The molecule has 2 unspecified atom stereocenters. The summed E-state index contributed by atoms with van der Waals surface area (Å²) in [6, 6.07) is 5.46. The van der Waals surface area contributed by atoms with Gasteiger partial charge in [0.1, 0.15) is 22.3 Å². The van der Waals surface area contributed by atoms with Crippen molar-refractivity contribution < 1.29 is 9.21 Å². The van der Waals surface area contributed by atoms with Gasteiger partial charge in [0.05, 0.1) is 6.54 Å². The first-order valence-electron chi connectivity index (χ1n) is 9.84. The minimum absolute atomic E-state index is 0.0725. The number of rotatable bonds is 5. The summed E-state index contributed by atoms with van der Waals surface area (Å²) in [5.41, 5.74) is 0.662. The smallest absolute Gasteiger partial charge is 0.239 e. The Bertz CT molecular complexity index is 975. The highest BCUT2D eigenvalue weighted by molar-refractivity contribution is 7.13. The zero-order valence-electron chi connectivity index (χ0n) is 16.9. The van der Waals surface area contributed by atoms with E-state index in [-0.39, 0.29) is 5.91 Å². The fraction of sp³-hybridized carbons (Fsp3) is 0.429. The first-order chi connectivity index (χ1) is 14.0. The number of aromatic nitrogens is 3. The van der Waals surface area contributed by atoms with E-state index in [2.05, 4.69) is 39.0 Å². The minimum Gasteiger partial charge on any atom is -0.458 e. The molecule has 0 radical (unpaired) electrons. The fourth-order valence-electron chi connectivity index (χ4n) is 3.94. The van der Waals surface area contributed by atoms with E-state index in [1.165, 1.54) is 17.8 Å². The number of hydrogen-bond donors (Lipinski definition) is 1. The number of amides is 1. The normalized spacial score (nSPS) is 20.0. The molecule has 7 nitrogen and oxygen atoms in total. The highest BCUT2D eigenvalue weighted by Gasteiger charge is 2.23. The van der Waals surface area contributed by atoms with E-state index in [1.54, 1.807) is 12.3 Å². The lowest BCUT2D eigenvalue weighted by molar-refractivity contribution is -0.117. The number of piperidine rings is 1.